The molecule has 1 aromatic carbocycles. The molecule has 0 saturated carbocycles. The van der Waals surface area contributed by atoms with Crippen molar-refractivity contribution in [3.05, 3.63) is 33.1 Å². The minimum absolute atomic E-state index is 0.121. The summed E-state index contributed by atoms with van der Waals surface area (Å²) >= 11 is 4.00. The number of imide groups is 1. The summed E-state index contributed by atoms with van der Waals surface area (Å²) in [6.45, 7) is -0.783. The SMILES string of the molecule is COC(=O)CN1C(=O)S/C(=C\c2cc(Br)ccc2OCC(N)=O)C1=O. The molecule has 0 radical (unpaired) electrons. The van der Waals surface area contributed by atoms with Gasteiger partial charge in [0, 0.05) is 10.0 Å². The number of carbonyl (C=O) groups is 4. The lowest BCUT2D eigenvalue weighted by Gasteiger charge is -2.10. The maximum atomic E-state index is 12.3. The first-order valence-electron chi connectivity index (χ1n) is 6.84. The van der Waals surface area contributed by atoms with Gasteiger partial charge >= 0.3 is 5.97 Å². The number of ether oxygens (including phenoxy) is 2. The Hall–Kier alpha value is -2.33. The lowest BCUT2D eigenvalue weighted by atomic mass is 10.2. The summed E-state index contributed by atoms with van der Waals surface area (Å²) in [6.07, 6.45) is 1.45. The number of hydrogen-bond acceptors (Lipinski definition) is 7. The number of halogens is 1. The van der Waals surface area contributed by atoms with Crippen molar-refractivity contribution in [1.29, 1.82) is 0 Å². The standard InChI is InChI=1S/C15H13BrN2O6S/c1-23-13(20)6-18-14(21)11(25-15(18)22)5-8-4-9(16)2-3-10(8)24-7-12(17)19/h2-5H,6-7H2,1H3,(H2,17,19)/b11-5-. The van der Waals surface area contributed by atoms with Crippen LogP contribution < -0.4 is 10.5 Å². The van der Waals surface area contributed by atoms with Gasteiger partial charge in [-0.25, -0.2) is 0 Å². The zero-order valence-electron chi connectivity index (χ0n) is 13.0. The van der Waals surface area contributed by atoms with Crippen LogP contribution in [0.15, 0.2) is 27.6 Å². The van der Waals surface area contributed by atoms with Crippen LogP contribution in [0.3, 0.4) is 0 Å². The van der Waals surface area contributed by atoms with Crippen LogP contribution in [0.4, 0.5) is 4.79 Å². The number of esters is 1. The van der Waals surface area contributed by atoms with E-state index in [0.29, 0.717) is 27.5 Å². The van der Waals surface area contributed by atoms with E-state index in [4.69, 9.17) is 10.5 Å². The van der Waals surface area contributed by atoms with E-state index in [-0.39, 0.29) is 11.5 Å². The van der Waals surface area contributed by atoms with Crippen molar-refractivity contribution in [2.45, 2.75) is 0 Å². The van der Waals surface area contributed by atoms with Gasteiger partial charge in [0.05, 0.1) is 12.0 Å². The fourth-order valence-corrected chi connectivity index (χ4v) is 3.09. The average molecular weight is 429 g/mol. The Labute approximate surface area is 155 Å². The van der Waals surface area contributed by atoms with Gasteiger partial charge < -0.3 is 15.2 Å². The molecule has 10 heteroatoms. The Bertz CT molecular complexity index is 779. The molecule has 0 bridgehead atoms. The van der Waals surface area contributed by atoms with Gasteiger partial charge in [-0.2, -0.15) is 0 Å². The molecule has 25 heavy (non-hydrogen) atoms. The lowest BCUT2D eigenvalue weighted by Crippen LogP contribution is -2.34. The van der Waals surface area contributed by atoms with Crippen molar-refractivity contribution in [2.24, 2.45) is 5.73 Å². The van der Waals surface area contributed by atoms with E-state index in [1.807, 2.05) is 0 Å². The number of nitrogens with zero attached hydrogens (tertiary/aromatic N) is 1. The zero-order chi connectivity index (χ0) is 18.6. The molecule has 1 aliphatic rings. The lowest BCUT2D eigenvalue weighted by molar-refractivity contribution is -0.143. The van der Waals surface area contributed by atoms with Crippen molar-refractivity contribution in [3.8, 4) is 5.75 Å². The fraction of sp³-hybridized carbons (Fsp3) is 0.200. The van der Waals surface area contributed by atoms with E-state index in [2.05, 4.69) is 20.7 Å². The molecule has 1 heterocycles. The van der Waals surface area contributed by atoms with Crippen LogP contribution in [0.25, 0.3) is 6.08 Å². The highest BCUT2D eigenvalue weighted by Gasteiger charge is 2.36. The van der Waals surface area contributed by atoms with E-state index < -0.39 is 29.6 Å². The number of carbonyl (C=O) groups excluding carboxylic acids is 4. The minimum Gasteiger partial charge on any atom is -0.483 e. The maximum Gasteiger partial charge on any atom is 0.325 e. The molecular formula is C15H13BrN2O6S. The van der Waals surface area contributed by atoms with Crippen molar-refractivity contribution in [2.75, 3.05) is 20.3 Å². The smallest absolute Gasteiger partial charge is 0.325 e. The van der Waals surface area contributed by atoms with Crippen molar-refractivity contribution < 1.29 is 28.7 Å². The largest absolute Gasteiger partial charge is 0.483 e. The molecule has 2 rings (SSSR count). The first-order chi connectivity index (χ1) is 11.8. The van der Waals surface area contributed by atoms with Crippen LogP contribution in [-0.2, 0) is 19.1 Å². The van der Waals surface area contributed by atoms with Crippen LogP contribution in [0, 0.1) is 0 Å². The van der Waals surface area contributed by atoms with Gasteiger partial charge in [0.15, 0.2) is 6.61 Å². The van der Waals surface area contributed by atoms with Crippen LogP contribution in [0.2, 0.25) is 0 Å². The van der Waals surface area contributed by atoms with Crippen LogP contribution in [-0.4, -0.2) is 48.2 Å². The molecular weight excluding hydrogens is 416 g/mol. The first kappa shape index (κ1) is 19.0. The fourth-order valence-electron chi connectivity index (χ4n) is 1.88. The monoisotopic (exact) mass is 428 g/mol. The number of methoxy groups -OCH3 is 1. The van der Waals surface area contributed by atoms with E-state index in [0.717, 1.165) is 4.90 Å². The normalized spacial score (nSPS) is 15.6. The predicted octanol–water partition coefficient (Wildman–Crippen LogP) is 1.52. The minimum atomic E-state index is -0.698. The van der Waals surface area contributed by atoms with Crippen LogP contribution in [0.5, 0.6) is 5.75 Å². The summed E-state index contributed by atoms with van der Waals surface area (Å²) < 4.78 is 10.5. The van der Waals surface area contributed by atoms with Gasteiger partial charge in [-0.3, -0.25) is 24.1 Å². The van der Waals surface area contributed by atoms with E-state index in [9.17, 15) is 19.2 Å². The molecule has 1 fully saturated rings. The molecule has 1 aromatic rings. The summed E-state index contributed by atoms with van der Waals surface area (Å²) in [5.41, 5.74) is 5.53. The molecule has 0 atom stereocenters. The second-order valence-electron chi connectivity index (χ2n) is 4.78. The number of nitrogens with two attached hydrogens (primary N) is 1. The second kappa shape index (κ2) is 8.17. The van der Waals surface area contributed by atoms with E-state index in [1.165, 1.54) is 13.2 Å². The molecule has 0 aromatic heterocycles. The van der Waals surface area contributed by atoms with Crippen LogP contribution in [0.1, 0.15) is 5.56 Å². The summed E-state index contributed by atoms with van der Waals surface area (Å²) in [7, 11) is 1.17. The molecule has 1 saturated heterocycles. The van der Waals surface area contributed by atoms with Gasteiger partial charge in [0.25, 0.3) is 17.1 Å². The second-order valence-corrected chi connectivity index (χ2v) is 6.69. The third-order valence-corrected chi connectivity index (χ3v) is 4.42. The van der Waals surface area contributed by atoms with Crippen molar-refractivity contribution in [1.82, 2.24) is 4.90 Å². The zero-order valence-corrected chi connectivity index (χ0v) is 15.4. The molecule has 2 N–H and O–H groups in total. The van der Waals surface area contributed by atoms with Gasteiger partial charge in [0.2, 0.25) is 0 Å². The molecule has 8 nitrogen and oxygen atoms in total. The summed E-state index contributed by atoms with van der Waals surface area (Å²) in [4.78, 5) is 47.3. The third kappa shape index (κ3) is 4.83. The van der Waals surface area contributed by atoms with Gasteiger partial charge in [-0.05, 0) is 36.0 Å². The van der Waals surface area contributed by atoms with Gasteiger partial charge in [0.1, 0.15) is 12.3 Å². The van der Waals surface area contributed by atoms with Gasteiger partial charge in [-0.1, -0.05) is 15.9 Å². The van der Waals surface area contributed by atoms with Crippen molar-refractivity contribution in [3.63, 3.8) is 0 Å². The molecule has 0 spiro atoms. The number of thioether (sulfide) groups is 1. The highest BCUT2D eigenvalue weighted by Crippen LogP contribution is 2.34. The molecule has 1 aliphatic heterocycles. The Morgan fingerprint density at radius 3 is 2.72 bits per heavy atom. The van der Waals surface area contributed by atoms with Crippen LogP contribution >= 0.6 is 27.7 Å². The molecule has 0 aliphatic carbocycles. The highest BCUT2D eigenvalue weighted by molar-refractivity contribution is 9.10. The summed E-state index contributed by atoms with van der Waals surface area (Å²) in [5.74, 6) is -1.63. The molecule has 0 unspecified atom stereocenters. The Morgan fingerprint density at radius 2 is 2.08 bits per heavy atom. The number of benzene rings is 1. The molecule has 132 valence electrons. The highest BCUT2D eigenvalue weighted by atomic mass is 79.9. The molecule has 3 amide bonds. The number of amides is 3. The summed E-state index contributed by atoms with van der Waals surface area (Å²) in [5, 5.41) is -0.573. The summed E-state index contributed by atoms with van der Waals surface area (Å²) in [6, 6.07) is 4.94. The maximum absolute atomic E-state index is 12.3. The van der Waals surface area contributed by atoms with Gasteiger partial charge in [-0.15, -0.1) is 0 Å². The Balaban J connectivity index is 2.29. The topological polar surface area (TPSA) is 116 Å². The quantitative estimate of drug-likeness (QED) is 0.539. The average Bonchev–Trinajstić information content (AvgIpc) is 2.81. The van der Waals surface area contributed by atoms with E-state index in [1.54, 1.807) is 18.2 Å². The number of hydrogen-bond donors (Lipinski definition) is 1. The predicted molar refractivity (Wildman–Crippen MR) is 93.5 cm³/mol. The van der Waals surface area contributed by atoms with E-state index >= 15 is 0 Å². The number of primary amides is 1. The van der Waals surface area contributed by atoms with Crippen molar-refractivity contribution >= 4 is 56.8 Å². The Morgan fingerprint density at radius 1 is 1.36 bits per heavy atom. The number of rotatable bonds is 6. The first-order valence-corrected chi connectivity index (χ1v) is 8.45. The Kier molecular flexibility index (Phi) is 6.21. The third-order valence-electron chi connectivity index (χ3n) is 3.02.